The number of halogens is 1. The Morgan fingerprint density at radius 2 is 1.94 bits per heavy atom. The molecule has 0 atom stereocenters. The first-order chi connectivity index (χ1) is 8.00. The number of rotatable bonds is 1. The van der Waals surface area contributed by atoms with Gasteiger partial charge in [0, 0.05) is 30.2 Å². The van der Waals surface area contributed by atoms with Crippen molar-refractivity contribution >= 4 is 23.2 Å². The highest BCUT2D eigenvalue weighted by Crippen LogP contribution is 2.27. The van der Waals surface area contributed by atoms with Crippen LogP contribution in [0.15, 0.2) is 24.3 Å². The first-order valence-corrected chi connectivity index (χ1v) is 6.18. The van der Waals surface area contributed by atoms with Gasteiger partial charge in [-0.25, -0.2) is 0 Å². The Morgan fingerprint density at radius 3 is 2.59 bits per heavy atom. The van der Waals surface area contributed by atoms with Crippen LogP contribution in [0.2, 0.25) is 5.02 Å². The first-order valence-electron chi connectivity index (χ1n) is 5.80. The van der Waals surface area contributed by atoms with E-state index in [0.29, 0.717) is 11.4 Å². The van der Waals surface area contributed by atoms with Crippen LogP contribution >= 0.6 is 11.6 Å². The number of hydrogen-bond donors (Lipinski definition) is 1. The molecule has 0 unspecified atom stereocenters. The van der Waals surface area contributed by atoms with Crippen LogP contribution in [0.5, 0.6) is 0 Å². The molecule has 92 valence electrons. The van der Waals surface area contributed by atoms with Crippen LogP contribution in [-0.2, 0) is 4.79 Å². The summed E-state index contributed by atoms with van der Waals surface area (Å²) in [5, 5.41) is 3.98. The molecule has 0 bridgehead atoms. The van der Waals surface area contributed by atoms with Crippen molar-refractivity contribution in [2.24, 2.45) is 0 Å². The summed E-state index contributed by atoms with van der Waals surface area (Å²) in [7, 11) is 0. The second-order valence-electron chi connectivity index (χ2n) is 4.94. The molecule has 1 saturated heterocycles. The summed E-state index contributed by atoms with van der Waals surface area (Å²) in [4.78, 5) is 14.0. The van der Waals surface area contributed by atoms with E-state index in [1.807, 2.05) is 29.2 Å². The lowest BCUT2D eigenvalue weighted by Gasteiger charge is -2.37. The van der Waals surface area contributed by atoms with Crippen LogP contribution in [0.1, 0.15) is 20.3 Å². The fourth-order valence-electron chi connectivity index (χ4n) is 2.20. The summed E-state index contributed by atoms with van der Waals surface area (Å²) in [5.41, 5.74) is 0.689. The van der Waals surface area contributed by atoms with Crippen molar-refractivity contribution in [1.82, 2.24) is 5.32 Å². The number of nitrogens with one attached hydrogen (secondary N) is 1. The predicted molar refractivity (Wildman–Crippen MR) is 70.5 cm³/mol. The van der Waals surface area contributed by atoms with E-state index in [1.54, 1.807) is 0 Å². The van der Waals surface area contributed by atoms with E-state index in [1.165, 1.54) is 0 Å². The van der Waals surface area contributed by atoms with E-state index in [2.05, 4.69) is 19.2 Å². The Hall–Kier alpha value is -1.06. The average molecular weight is 253 g/mol. The SMILES string of the molecule is CC1(C)CNCCC(=O)N1c1ccc(Cl)cc1. The Bertz CT molecular complexity index is 414. The maximum atomic E-state index is 12.2. The minimum Gasteiger partial charge on any atom is -0.314 e. The number of nitrogens with zero attached hydrogens (tertiary/aromatic N) is 1. The molecule has 1 aliphatic rings. The van der Waals surface area contributed by atoms with Crippen LogP contribution in [0.4, 0.5) is 5.69 Å². The maximum Gasteiger partial charge on any atom is 0.228 e. The van der Waals surface area contributed by atoms with E-state index in [0.717, 1.165) is 18.8 Å². The summed E-state index contributed by atoms with van der Waals surface area (Å²) in [6.07, 6.45) is 0.534. The highest BCUT2D eigenvalue weighted by atomic mass is 35.5. The van der Waals surface area contributed by atoms with Gasteiger partial charge >= 0.3 is 0 Å². The highest BCUT2D eigenvalue weighted by Gasteiger charge is 2.33. The predicted octanol–water partition coefficient (Wildman–Crippen LogP) is 2.44. The summed E-state index contributed by atoms with van der Waals surface area (Å²) in [5.74, 6) is 0.155. The highest BCUT2D eigenvalue weighted by molar-refractivity contribution is 6.30. The van der Waals surface area contributed by atoms with Crippen molar-refractivity contribution in [3.63, 3.8) is 0 Å². The molecule has 1 aromatic rings. The molecule has 17 heavy (non-hydrogen) atoms. The molecule has 1 aromatic carbocycles. The average Bonchev–Trinajstić information content (AvgIpc) is 2.39. The molecule has 1 fully saturated rings. The third-order valence-electron chi connectivity index (χ3n) is 3.01. The van der Waals surface area contributed by atoms with Crippen molar-refractivity contribution in [2.75, 3.05) is 18.0 Å². The van der Waals surface area contributed by atoms with Gasteiger partial charge < -0.3 is 10.2 Å². The molecule has 1 heterocycles. The molecule has 0 aliphatic carbocycles. The smallest absolute Gasteiger partial charge is 0.228 e. The minimum absolute atomic E-state index is 0.155. The van der Waals surface area contributed by atoms with E-state index in [4.69, 9.17) is 11.6 Å². The van der Waals surface area contributed by atoms with Crippen LogP contribution < -0.4 is 10.2 Å². The van der Waals surface area contributed by atoms with Crippen molar-refractivity contribution < 1.29 is 4.79 Å². The second-order valence-corrected chi connectivity index (χ2v) is 5.38. The topological polar surface area (TPSA) is 32.3 Å². The van der Waals surface area contributed by atoms with Gasteiger partial charge in [0.1, 0.15) is 0 Å². The Labute approximate surface area is 107 Å². The van der Waals surface area contributed by atoms with Crippen molar-refractivity contribution in [3.05, 3.63) is 29.3 Å². The standard InChI is InChI=1S/C13H17ClN2O/c1-13(2)9-15-8-7-12(17)16(13)11-5-3-10(14)4-6-11/h3-6,15H,7-9H2,1-2H3. The number of benzene rings is 1. The van der Waals surface area contributed by atoms with Crippen molar-refractivity contribution in [3.8, 4) is 0 Å². The van der Waals surface area contributed by atoms with Gasteiger partial charge in [-0.2, -0.15) is 0 Å². The molecule has 0 radical (unpaired) electrons. The molecular weight excluding hydrogens is 236 g/mol. The first kappa shape index (κ1) is 12.4. The maximum absolute atomic E-state index is 12.2. The molecule has 3 nitrogen and oxygen atoms in total. The van der Waals surface area contributed by atoms with Crippen LogP contribution in [-0.4, -0.2) is 24.5 Å². The molecule has 1 N–H and O–H groups in total. The molecule has 2 rings (SSSR count). The molecular formula is C13H17ClN2O. The van der Waals surface area contributed by atoms with Crippen LogP contribution in [0, 0.1) is 0 Å². The monoisotopic (exact) mass is 252 g/mol. The minimum atomic E-state index is -0.221. The van der Waals surface area contributed by atoms with Gasteiger partial charge in [-0.05, 0) is 38.1 Å². The van der Waals surface area contributed by atoms with E-state index in [-0.39, 0.29) is 11.4 Å². The third kappa shape index (κ3) is 2.61. The van der Waals surface area contributed by atoms with Gasteiger partial charge in [0.25, 0.3) is 0 Å². The largest absolute Gasteiger partial charge is 0.314 e. The van der Waals surface area contributed by atoms with Crippen LogP contribution in [0.25, 0.3) is 0 Å². The van der Waals surface area contributed by atoms with Gasteiger partial charge in [-0.3, -0.25) is 4.79 Å². The third-order valence-corrected chi connectivity index (χ3v) is 3.26. The van der Waals surface area contributed by atoms with E-state index >= 15 is 0 Å². The normalized spacial score (nSPS) is 20.2. The lowest BCUT2D eigenvalue weighted by Crippen LogP contribution is -2.51. The van der Waals surface area contributed by atoms with Gasteiger partial charge in [0.15, 0.2) is 0 Å². The summed E-state index contributed by atoms with van der Waals surface area (Å²) >= 11 is 5.87. The van der Waals surface area contributed by atoms with Gasteiger partial charge in [0.2, 0.25) is 5.91 Å². The zero-order chi connectivity index (χ0) is 12.5. The second kappa shape index (κ2) is 4.67. The number of amides is 1. The fourth-order valence-corrected chi connectivity index (χ4v) is 2.33. The zero-order valence-electron chi connectivity index (χ0n) is 10.2. The quantitative estimate of drug-likeness (QED) is 0.833. The number of anilines is 1. The molecule has 0 aromatic heterocycles. The fraction of sp³-hybridized carbons (Fsp3) is 0.462. The lowest BCUT2D eigenvalue weighted by atomic mass is 10.0. The van der Waals surface area contributed by atoms with Crippen molar-refractivity contribution in [1.29, 1.82) is 0 Å². The molecule has 0 saturated carbocycles. The molecule has 1 aliphatic heterocycles. The van der Waals surface area contributed by atoms with Gasteiger partial charge in [-0.15, -0.1) is 0 Å². The number of hydrogen-bond acceptors (Lipinski definition) is 2. The lowest BCUT2D eigenvalue weighted by molar-refractivity contribution is -0.119. The van der Waals surface area contributed by atoms with Crippen LogP contribution in [0.3, 0.4) is 0 Å². The number of carbonyl (C=O) groups is 1. The van der Waals surface area contributed by atoms with Crippen molar-refractivity contribution in [2.45, 2.75) is 25.8 Å². The molecule has 4 heteroatoms. The Kier molecular flexibility index (Phi) is 3.40. The Balaban J connectivity index is 2.38. The van der Waals surface area contributed by atoms with E-state index in [9.17, 15) is 4.79 Å². The summed E-state index contributed by atoms with van der Waals surface area (Å²) < 4.78 is 0. The zero-order valence-corrected chi connectivity index (χ0v) is 10.9. The molecule has 0 spiro atoms. The number of carbonyl (C=O) groups excluding carboxylic acids is 1. The molecule has 1 amide bonds. The van der Waals surface area contributed by atoms with Gasteiger partial charge in [-0.1, -0.05) is 11.6 Å². The Morgan fingerprint density at radius 1 is 1.29 bits per heavy atom. The van der Waals surface area contributed by atoms with E-state index < -0.39 is 0 Å². The summed E-state index contributed by atoms with van der Waals surface area (Å²) in [6.45, 7) is 5.67. The van der Waals surface area contributed by atoms with Gasteiger partial charge in [0.05, 0.1) is 5.54 Å². The summed E-state index contributed by atoms with van der Waals surface area (Å²) in [6, 6.07) is 7.43.